The van der Waals surface area contributed by atoms with Gasteiger partial charge in [0.1, 0.15) is 0 Å². The molecule has 0 amide bonds. The van der Waals surface area contributed by atoms with Gasteiger partial charge in [-0.1, -0.05) is 18.2 Å². The maximum atomic E-state index is 11.1. The van der Waals surface area contributed by atoms with E-state index < -0.39 is 5.97 Å². The molecule has 1 aromatic carbocycles. The molecule has 102 valence electrons. The summed E-state index contributed by atoms with van der Waals surface area (Å²) in [6, 6.07) is 7.91. The monoisotopic (exact) mass is 270 g/mol. The molecule has 0 atom stereocenters. The molecule has 5 nitrogen and oxygen atoms in total. The molecule has 20 heavy (non-hydrogen) atoms. The lowest BCUT2D eigenvalue weighted by atomic mass is 10.1. The number of hydrogen-bond acceptors (Lipinski definition) is 3. The summed E-state index contributed by atoms with van der Waals surface area (Å²) in [7, 11) is 1.97. The Morgan fingerprint density at radius 2 is 2.00 bits per heavy atom. The molecule has 2 heterocycles. The van der Waals surface area contributed by atoms with Crippen LogP contribution in [0, 0.1) is 13.8 Å². The zero-order valence-electron chi connectivity index (χ0n) is 11.5. The predicted octanol–water partition coefficient (Wildman–Crippen LogP) is 3.15. The molecule has 3 aromatic rings. The van der Waals surface area contributed by atoms with Gasteiger partial charge < -0.3 is 14.1 Å². The van der Waals surface area contributed by atoms with Crippen molar-refractivity contribution in [1.29, 1.82) is 0 Å². The molecule has 0 aliphatic rings. The highest BCUT2D eigenvalue weighted by Crippen LogP contribution is 2.34. The third-order valence-corrected chi connectivity index (χ3v) is 3.60. The van der Waals surface area contributed by atoms with E-state index in [4.69, 9.17) is 9.52 Å². The molecule has 0 aliphatic carbocycles. The SMILES string of the molecule is Cc1nc(-c2c(C)n(C)c3ccccc23)oc1C(=O)O. The third kappa shape index (κ3) is 1.63. The van der Waals surface area contributed by atoms with Crippen LogP contribution >= 0.6 is 0 Å². The Bertz CT molecular complexity index is 827. The van der Waals surface area contributed by atoms with E-state index in [1.807, 2.05) is 42.8 Å². The van der Waals surface area contributed by atoms with Gasteiger partial charge in [-0.15, -0.1) is 0 Å². The van der Waals surface area contributed by atoms with Gasteiger partial charge in [0, 0.05) is 23.6 Å². The number of aryl methyl sites for hydroxylation is 2. The van der Waals surface area contributed by atoms with Gasteiger partial charge in [-0.2, -0.15) is 0 Å². The second-order valence-corrected chi connectivity index (χ2v) is 4.78. The van der Waals surface area contributed by atoms with Crippen molar-refractivity contribution >= 4 is 16.9 Å². The Labute approximate surface area is 115 Å². The van der Waals surface area contributed by atoms with Crippen molar-refractivity contribution in [1.82, 2.24) is 9.55 Å². The number of aromatic carboxylic acids is 1. The van der Waals surface area contributed by atoms with Gasteiger partial charge in [0.25, 0.3) is 0 Å². The average Bonchev–Trinajstić information content (AvgIpc) is 2.90. The maximum absolute atomic E-state index is 11.1. The topological polar surface area (TPSA) is 68.3 Å². The molecule has 0 unspecified atom stereocenters. The molecule has 0 radical (unpaired) electrons. The Morgan fingerprint density at radius 3 is 2.65 bits per heavy atom. The van der Waals surface area contributed by atoms with Crippen molar-refractivity contribution in [3.63, 3.8) is 0 Å². The molecule has 0 saturated carbocycles. The number of nitrogens with zero attached hydrogens (tertiary/aromatic N) is 2. The van der Waals surface area contributed by atoms with Crippen LogP contribution in [0.1, 0.15) is 21.9 Å². The number of carboxylic acid groups (broad SMARTS) is 1. The molecular formula is C15H14N2O3. The summed E-state index contributed by atoms with van der Waals surface area (Å²) in [5, 5.41) is 10.1. The Kier molecular flexibility index (Phi) is 2.64. The highest BCUT2D eigenvalue weighted by Gasteiger charge is 2.22. The molecule has 0 saturated heterocycles. The predicted molar refractivity (Wildman–Crippen MR) is 74.8 cm³/mol. The smallest absolute Gasteiger partial charge is 0.373 e. The molecule has 2 aromatic heterocycles. The van der Waals surface area contributed by atoms with E-state index >= 15 is 0 Å². The highest BCUT2D eigenvalue weighted by atomic mass is 16.4. The first-order valence-corrected chi connectivity index (χ1v) is 6.25. The first-order chi connectivity index (χ1) is 9.50. The lowest BCUT2D eigenvalue weighted by Gasteiger charge is -1.98. The van der Waals surface area contributed by atoms with Gasteiger partial charge in [-0.3, -0.25) is 0 Å². The van der Waals surface area contributed by atoms with Crippen LogP contribution in [-0.2, 0) is 7.05 Å². The lowest BCUT2D eigenvalue weighted by molar-refractivity contribution is 0.0662. The molecular weight excluding hydrogens is 256 g/mol. The molecule has 0 fully saturated rings. The van der Waals surface area contributed by atoms with Gasteiger partial charge in [0.2, 0.25) is 11.7 Å². The van der Waals surface area contributed by atoms with Crippen LogP contribution in [0.4, 0.5) is 0 Å². The quantitative estimate of drug-likeness (QED) is 0.776. The molecule has 1 N–H and O–H groups in total. The van der Waals surface area contributed by atoms with E-state index in [0.717, 1.165) is 22.2 Å². The van der Waals surface area contributed by atoms with Crippen molar-refractivity contribution in [2.75, 3.05) is 0 Å². The summed E-state index contributed by atoms with van der Waals surface area (Å²) in [5.41, 5.74) is 3.29. The van der Waals surface area contributed by atoms with Gasteiger partial charge in [-0.25, -0.2) is 9.78 Å². The number of rotatable bonds is 2. The normalized spacial score (nSPS) is 11.2. The molecule has 5 heteroatoms. The second-order valence-electron chi connectivity index (χ2n) is 4.78. The lowest BCUT2D eigenvalue weighted by Crippen LogP contribution is -1.95. The Hall–Kier alpha value is -2.56. The van der Waals surface area contributed by atoms with Crippen LogP contribution in [0.3, 0.4) is 0 Å². The van der Waals surface area contributed by atoms with Crippen molar-refractivity contribution < 1.29 is 14.3 Å². The van der Waals surface area contributed by atoms with Gasteiger partial charge in [-0.05, 0) is 19.9 Å². The number of fused-ring (bicyclic) bond motifs is 1. The molecule has 3 rings (SSSR count). The zero-order chi connectivity index (χ0) is 14.4. The van der Waals surface area contributed by atoms with Crippen molar-refractivity contribution in [2.45, 2.75) is 13.8 Å². The van der Waals surface area contributed by atoms with E-state index in [9.17, 15) is 4.79 Å². The fourth-order valence-corrected chi connectivity index (χ4v) is 2.49. The Balaban J connectivity index is 2.32. The fourth-order valence-electron chi connectivity index (χ4n) is 2.49. The van der Waals surface area contributed by atoms with E-state index in [2.05, 4.69) is 4.98 Å². The van der Waals surface area contributed by atoms with Crippen LogP contribution in [0.2, 0.25) is 0 Å². The largest absolute Gasteiger partial charge is 0.475 e. The first-order valence-electron chi connectivity index (χ1n) is 6.25. The summed E-state index contributed by atoms with van der Waals surface area (Å²) >= 11 is 0. The van der Waals surface area contributed by atoms with E-state index in [1.165, 1.54) is 0 Å². The Morgan fingerprint density at radius 1 is 1.30 bits per heavy atom. The number of benzene rings is 1. The molecule has 0 aliphatic heterocycles. The molecule has 0 spiro atoms. The standard InChI is InChI=1S/C15H14N2O3/c1-8-13(15(18)19)20-14(16-8)12-9(2)17(3)11-7-5-4-6-10(11)12/h4-7H,1-3H3,(H,18,19). The zero-order valence-corrected chi connectivity index (χ0v) is 11.5. The van der Waals surface area contributed by atoms with E-state index in [1.54, 1.807) is 6.92 Å². The average molecular weight is 270 g/mol. The summed E-state index contributed by atoms with van der Waals surface area (Å²) in [4.78, 5) is 15.3. The number of para-hydroxylation sites is 1. The van der Waals surface area contributed by atoms with E-state index in [-0.39, 0.29) is 5.76 Å². The summed E-state index contributed by atoms with van der Waals surface area (Å²) in [6.07, 6.45) is 0. The minimum absolute atomic E-state index is 0.104. The third-order valence-electron chi connectivity index (χ3n) is 3.60. The van der Waals surface area contributed by atoms with Crippen molar-refractivity contribution in [3.05, 3.63) is 41.4 Å². The first kappa shape index (κ1) is 12.5. The van der Waals surface area contributed by atoms with Crippen LogP contribution in [-0.4, -0.2) is 20.6 Å². The van der Waals surface area contributed by atoms with Gasteiger partial charge >= 0.3 is 5.97 Å². The summed E-state index contributed by atoms with van der Waals surface area (Å²) in [5.74, 6) is -0.847. The summed E-state index contributed by atoms with van der Waals surface area (Å²) < 4.78 is 7.49. The summed E-state index contributed by atoms with van der Waals surface area (Å²) in [6.45, 7) is 3.60. The van der Waals surface area contributed by atoms with Crippen LogP contribution in [0.15, 0.2) is 28.7 Å². The fraction of sp³-hybridized carbons (Fsp3) is 0.200. The minimum atomic E-state index is -1.10. The molecule has 0 bridgehead atoms. The maximum Gasteiger partial charge on any atom is 0.373 e. The van der Waals surface area contributed by atoms with E-state index in [0.29, 0.717) is 11.6 Å². The number of carbonyl (C=O) groups is 1. The number of oxazole rings is 1. The van der Waals surface area contributed by atoms with Crippen LogP contribution < -0.4 is 0 Å². The van der Waals surface area contributed by atoms with Gasteiger partial charge in [0.15, 0.2) is 0 Å². The number of hydrogen-bond donors (Lipinski definition) is 1. The van der Waals surface area contributed by atoms with Crippen molar-refractivity contribution in [2.24, 2.45) is 7.05 Å². The highest BCUT2D eigenvalue weighted by molar-refractivity contribution is 5.96. The number of aromatic nitrogens is 2. The van der Waals surface area contributed by atoms with Crippen LogP contribution in [0.5, 0.6) is 0 Å². The van der Waals surface area contributed by atoms with Crippen molar-refractivity contribution in [3.8, 4) is 11.5 Å². The second kappa shape index (κ2) is 4.23. The van der Waals surface area contributed by atoms with Gasteiger partial charge in [0.05, 0.1) is 11.3 Å². The number of carboxylic acids is 1. The minimum Gasteiger partial charge on any atom is -0.475 e. The van der Waals surface area contributed by atoms with Crippen LogP contribution in [0.25, 0.3) is 22.4 Å².